The molecule has 3 atom stereocenters. The van der Waals surface area contributed by atoms with Gasteiger partial charge < -0.3 is 25.0 Å². The summed E-state index contributed by atoms with van der Waals surface area (Å²) in [6.07, 6.45) is 2.20. The molecule has 0 spiro atoms. The van der Waals surface area contributed by atoms with Gasteiger partial charge in [0.1, 0.15) is 17.8 Å². The van der Waals surface area contributed by atoms with Gasteiger partial charge in [-0.1, -0.05) is 48.5 Å². The summed E-state index contributed by atoms with van der Waals surface area (Å²) in [4.78, 5) is 57.6. The monoisotopic (exact) mass is 635 g/mol. The molecular formula is C31H33N5O8S. The standard InChI is InChI=1S/C31H33N5O8S/c1-2-43-31-25(16-27(38)44-31)34-26(37)19-36-18-20(17-33-45(41,42)22-9-4-3-5-10-22)12-13-24(30(36)40)35-29(39)28-23-11-7-6-8-21(23)14-15-32-28/h3-12,14-15,24-25,31,33H,2,13,16-19H2,1H3,(H,34,37)(H,35,39)/t24-,25-,31?/m0/s1. The zero-order valence-electron chi connectivity index (χ0n) is 24.5. The van der Waals surface area contributed by atoms with Crippen LogP contribution in [-0.2, 0) is 33.9 Å². The lowest BCUT2D eigenvalue weighted by Gasteiger charge is -2.26. The molecule has 13 nitrogen and oxygen atoms in total. The second-order valence-corrected chi connectivity index (χ2v) is 12.3. The van der Waals surface area contributed by atoms with Crippen molar-refractivity contribution < 1.29 is 37.1 Å². The molecule has 3 aromatic rings. The van der Waals surface area contributed by atoms with Gasteiger partial charge in [-0.25, -0.2) is 13.1 Å². The van der Waals surface area contributed by atoms with Crippen molar-refractivity contribution in [3.8, 4) is 0 Å². The average Bonchev–Trinajstić information content (AvgIpc) is 3.31. The Morgan fingerprint density at radius 3 is 2.58 bits per heavy atom. The van der Waals surface area contributed by atoms with Crippen molar-refractivity contribution in [2.75, 3.05) is 26.2 Å². The normalized spacial score (nSPS) is 20.3. The van der Waals surface area contributed by atoms with Crippen molar-refractivity contribution in [2.24, 2.45) is 0 Å². The number of carbonyl (C=O) groups excluding carboxylic acids is 4. The molecule has 2 aliphatic heterocycles. The minimum absolute atomic E-state index is 0.0488. The molecule has 1 saturated heterocycles. The number of hydrogen-bond acceptors (Lipinski definition) is 9. The number of hydrogen-bond donors (Lipinski definition) is 3. The van der Waals surface area contributed by atoms with Crippen LogP contribution in [0.2, 0.25) is 0 Å². The van der Waals surface area contributed by atoms with Crippen molar-refractivity contribution >= 4 is 44.5 Å². The highest BCUT2D eigenvalue weighted by Crippen LogP contribution is 2.19. The van der Waals surface area contributed by atoms with Gasteiger partial charge >= 0.3 is 5.97 Å². The molecular weight excluding hydrogens is 602 g/mol. The fourth-order valence-corrected chi connectivity index (χ4v) is 6.23. The van der Waals surface area contributed by atoms with E-state index in [4.69, 9.17) is 9.47 Å². The van der Waals surface area contributed by atoms with E-state index in [9.17, 15) is 27.6 Å². The molecule has 3 heterocycles. The van der Waals surface area contributed by atoms with Crippen LogP contribution in [0.4, 0.5) is 0 Å². The molecule has 0 saturated carbocycles. The zero-order valence-corrected chi connectivity index (χ0v) is 25.3. The fourth-order valence-electron chi connectivity index (χ4n) is 5.17. The lowest BCUT2D eigenvalue weighted by atomic mass is 10.1. The quantitative estimate of drug-likeness (QED) is 0.207. The van der Waals surface area contributed by atoms with E-state index >= 15 is 0 Å². The van der Waals surface area contributed by atoms with Crippen LogP contribution in [-0.4, -0.2) is 86.6 Å². The molecule has 1 unspecified atom stereocenters. The van der Waals surface area contributed by atoms with Crippen molar-refractivity contribution in [2.45, 2.75) is 43.0 Å². The first kappa shape index (κ1) is 31.8. The maximum atomic E-state index is 13.8. The molecule has 1 fully saturated rings. The van der Waals surface area contributed by atoms with Gasteiger partial charge in [-0.15, -0.1) is 0 Å². The summed E-state index contributed by atoms with van der Waals surface area (Å²) in [6, 6.07) is 15.0. The number of nitrogens with zero attached hydrogens (tertiary/aromatic N) is 2. The summed E-state index contributed by atoms with van der Waals surface area (Å²) in [5, 5.41) is 6.86. The van der Waals surface area contributed by atoms with E-state index in [0.717, 1.165) is 5.39 Å². The van der Waals surface area contributed by atoms with Gasteiger partial charge in [0.15, 0.2) is 0 Å². The van der Waals surface area contributed by atoms with Crippen molar-refractivity contribution in [3.63, 3.8) is 0 Å². The highest BCUT2D eigenvalue weighted by molar-refractivity contribution is 7.89. The molecule has 1 aromatic heterocycles. The largest absolute Gasteiger partial charge is 0.433 e. The highest BCUT2D eigenvalue weighted by atomic mass is 32.2. The molecule has 0 bridgehead atoms. The lowest BCUT2D eigenvalue weighted by molar-refractivity contribution is -0.164. The summed E-state index contributed by atoms with van der Waals surface area (Å²) in [7, 11) is -3.86. The third kappa shape index (κ3) is 7.71. The van der Waals surface area contributed by atoms with Gasteiger partial charge in [-0.05, 0) is 42.5 Å². The summed E-state index contributed by atoms with van der Waals surface area (Å²) in [6.45, 7) is 1.34. The molecule has 5 rings (SSSR count). The number of cyclic esters (lactones) is 1. The Morgan fingerprint density at radius 1 is 1.04 bits per heavy atom. The van der Waals surface area contributed by atoms with Crippen LogP contribution in [0.5, 0.6) is 0 Å². The van der Waals surface area contributed by atoms with Crippen LogP contribution < -0.4 is 15.4 Å². The van der Waals surface area contributed by atoms with Crippen LogP contribution >= 0.6 is 0 Å². The number of rotatable bonds is 11. The Morgan fingerprint density at radius 2 is 1.80 bits per heavy atom. The number of pyridine rings is 1. The molecule has 45 heavy (non-hydrogen) atoms. The molecule has 2 aliphatic rings. The number of benzene rings is 2. The van der Waals surface area contributed by atoms with Crippen molar-refractivity contribution in [3.05, 3.63) is 84.2 Å². The number of fused-ring (bicyclic) bond motifs is 1. The number of ether oxygens (including phenoxy) is 2. The van der Waals surface area contributed by atoms with Gasteiger partial charge in [-0.3, -0.25) is 24.2 Å². The van der Waals surface area contributed by atoms with Crippen molar-refractivity contribution in [1.29, 1.82) is 0 Å². The zero-order chi connectivity index (χ0) is 32.0. The van der Waals surface area contributed by atoms with Crippen LogP contribution in [0.1, 0.15) is 30.3 Å². The maximum Gasteiger partial charge on any atom is 0.310 e. The van der Waals surface area contributed by atoms with Gasteiger partial charge in [0.05, 0.1) is 17.9 Å². The van der Waals surface area contributed by atoms with E-state index in [1.54, 1.807) is 49.4 Å². The van der Waals surface area contributed by atoms with Gasteiger partial charge in [0.2, 0.25) is 28.1 Å². The summed E-state index contributed by atoms with van der Waals surface area (Å²) >= 11 is 0. The Kier molecular flexibility index (Phi) is 9.86. The summed E-state index contributed by atoms with van der Waals surface area (Å²) in [5.41, 5.74) is 0.657. The van der Waals surface area contributed by atoms with Crippen LogP contribution in [0, 0.1) is 0 Å². The molecule has 3 N–H and O–H groups in total. The van der Waals surface area contributed by atoms with Crippen LogP contribution in [0.3, 0.4) is 0 Å². The molecule has 2 aromatic carbocycles. The topological polar surface area (TPSA) is 173 Å². The number of sulfonamides is 1. The second-order valence-electron chi connectivity index (χ2n) is 10.5. The fraction of sp³-hybridized carbons (Fsp3) is 0.323. The van der Waals surface area contributed by atoms with E-state index < -0.39 is 58.6 Å². The lowest BCUT2D eigenvalue weighted by Crippen LogP contribution is -2.52. The maximum absolute atomic E-state index is 13.8. The Balaban J connectivity index is 1.35. The third-order valence-corrected chi connectivity index (χ3v) is 8.77. The van der Waals surface area contributed by atoms with Crippen LogP contribution in [0.25, 0.3) is 10.8 Å². The minimum atomic E-state index is -3.86. The third-order valence-electron chi connectivity index (χ3n) is 7.36. The van der Waals surface area contributed by atoms with E-state index in [2.05, 4.69) is 20.3 Å². The Hall–Kier alpha value is -4.66. The molecule has 236 valence electrons. The molecule has 14 heteroatoms. The summed E-state index contributed by atoms with van der Waals surface area (Å²) in [5.74, 6) is -2.22. The Labute approximate surface area is 260 Å². The molecule has 0 aliphatic carbocycles. The highest BCUT2D eigenvalue weighted by Gasteiger charge is 2.37. The summed E-state index contributed by atoms with van der Waals surface area (Å²) < 4.78 is 38.8. The predicted octanol–water partition coefficient (Wildman–Crippen LogP) is 1.26. The van der Waals surface area contributed by atoms with Gasteiger partial charge in [0, 0.05) is 31.3 Å². The second kappa shape index (κ2) is 14.0. The number of amides is 3. The Bertz CT molecular complexity index is 1720. The smallest absolute Gasteiger partial charge is 0.310 e. The van der Waals surface area contributed by atoms with Gasteiger partial charge in [0.25, 0.3) is 5.91 Å². The first-order valence-corrected chi connectivity index (χ1v) is 15.9. The first-order chi connectivity index (χ1) is 21.6. The van der Waals surface area contributed by atoms with E-state index in [1.165, 1.54) is 23.2 Å². The van der Waals surface area contributed by atoms with E-state index in [1.807, 2.05) is 12.1 Å². The van der Waals surface area contributed by atoms with Crippen molar-refractivity contribution in [1.82, 2.24) is 25.2 Å². The number of carbonyl (C=O) groups is 4. The van der Waals surface area contributed by atoms with E-state index in [0.29, 0.717) is 11.0 Å². The van der Waals surface area contributed by atoms with Crippen LogP contribution in [0.15, 0.2) is 83.4 Å². The number of nitrogens with one attached hydrogen (secondary N) is 3. The predicted molar refractivity (Wildman–Crippen MR) is 162 cm³/mol. The number of esters is 1. The first-order valence-electron chi connectivity index (χ1n) is 14.4. The minimum Gasteiger partial charge on any atom is -0.433 e. The SMILES string of the molecule is CCOC1OC(=O)C[C@@H]1NC(=O)CN1CC(CNS(=O)(=O)c2ccccc2)=CC[C@H](NC(=O)c2nccc3ccccc23)C1=O. The molecule has 0 radical (unpaired) electrons. The average molecular weight is 636 g/mol. The van der Waals surface area contributed by atoms with E-state index in [-0.39, 0.29) is 43.1 Å². The number of aromatic nitrogens is 1. The molecule has 3 amide bonds. The van der Waals surface area contributed by atoms with Gasteiger partial charge in [-0.2, -0.15) is 0 Å².